The summed E-state index contributed by atoms with van der Waals surface area (Å²) in [6, 6.07) is 0.0354. The Bertz CT molecular complexity index is 1650. The third-order valence-electron chi connectivity index (χ3n) is 10.5. The van der Waals surface area contributed by atoms with Gasteiger partial charge in [0.1, 0.15) is 77.5 Å². The molecule has 1 saturated carbocycles. The molecule has 2 saturated heterocycles. The van der Waals surface area contributed by atoms with E-state index in [0.717, 1.165) is 13.0 Å². The van der Waals surface area contributed by atoms with E-state index in [1.807, 2.05) is 0 Å². The fourth-order valence-electron chi connectivity index (χ4n) is 7.58. The lowest BCUT2D eigenvalue weighted by Gasteiger charge is -2.55. The third kappa shape index (κ3) is 7.47. The number of carbonyl (C=O) groups excluding carboxylic acids is 4. The number of rotatable bonds is 11. The topological polar surface area (TPSA) is 360 Å². The Balaban J connectivity index is 1.48. The number of ketones is 2. The minimum absolute atomic E-state index is 0.310. The second-order valence-electron chi connectivity index (χ2n) is 14.0. The van der Waals surface area contributed by atoms with Crippen molar-refractivity contribution in [2.24, 2.45) is 0 Å². The Morgan fingerprint density at radius 1 is 0.945 bits per heavy atom. The van der Waals surface area contributed by atoms with Crippen molar-refractivity contribution in [3.63, 3.8) is 0 Å². The maximum Gasteiger partial charge on any atom is 0.305 e. The highest BCUT2D eigenvalue weighted by Crippen LogP contribution is 2.55. The number of hydrogen-bond acceptors (Lipinski definition) is 19. The zero-order valence-corrected chi connectivity index (χ0v) is 30.1. The Kier molecular flexibility index (Phi) is 12.6. The first-order chi connectivity index (χ1) is 25.7. The quantitative estimate of drug-likeness (QED) is 0.0991. The normalized spacial score (nSPS) is 40.7. The van der Waals surface area contributed by atoms with Crippen molar-refractivity contribution in [2.45, 2.75) is 123 Å². The number of carbonyl (C=O) groups is 5. The first kappa shape index (κ1) is 42.8. The number of amides is 2. The highest BCUT2D eigenvalue weighted by atomic mass is 32.2. The highest BCUT2D eigenvalue weighted by Gasteiger charge is 2.70. The molecule has 2 aliphatic heterocycles. The number of aliphatic carboxylic acids is 1. The number of hydrogen-bond donors (Lipinski definition) is 13. The van der Waals surface area contributed by atoms with Crippen LogP contribution >= 0.6 is 11.8 Å². The Labute approximate surface area is 315 Å². The summed E-state index contributed by atoms with van der Waals surface area (Å²) in [4.78, 5) is 66.6. The van der Waals surface area contributed by atoms with Gasteiger partial charge in [-0.15, -0.1) is 11.8 Å². The van der Waals surface area contributed by atoms with Crippen molar-refractivity contribution in [3.05, 3.63) is 29.3 Å². The maximum atomic E-state index is 14.4. The van der Waals surface area contributed by atoms with Gasteiger partial charge in [-0.3, -0.25) is 24.0 Å². The number of carboxylic acids is 1. The summed E-state index contributed by atoms with van der Waals surface area (Å²) < 4.78 is 14.5. The Morgan fingerprint density at radius 3 is 2.15 bits per heavy atom. The number of benzene rings is 1. The van der Waals surface area contributed by atoms with Crippen LogP contribution in [0, 0.1) is 0 Å². The van der Waals surface area contributed by atoms with Gasteiger partial charge in [0.05, 0.1) is 30.8 Å². The summed E-state index contributed by atoms with van der Waals surface area (Å²) in [7, 11) is 0. The molecule has 2 aliphatic carbocycles. The minimum atomic E-state index is -2.76. The molecule has 306 valence electrons. The van der Waals surface area contributed by atoms with E-state index in [1.54, 1.807) is 0 Å². The summed E-state index contributed by atoms with van der Waals surface area (Å²) >= 11 is 0.516. The fraction of sp³-hybridized carbons (Fsp3) is 0.667. The lowest BCUT2D eigenvalue weighted by molar-refractivity contribution is -0.319. The number of thioether (sulfide) groups is 1. The molecule has 1 aromatic rings. The van der Waals surface area contributed by atoms with Crippen LogP contribution in [-0.2, 0) is 28.6 Å². The Hall–Kier alpha value is -3.36. The molecule has 0 spiro atoms. The Morgan fingerprint density at radius 2 is 1.56 bits per heavy atom. The van der Waals surface area contributed by atoms with Gasteiger partial charge in [0.15, 0.2) is 17.7 Å². The molecular formula is C33H44N2O19S. The van der Waals surface area contributed by atoms with Gasteiger partial charge in [0.25, 0.3) is 0 Å². The standard InChI is InChI=1S/C33H44N2O19S/c1-10-33(51)29(49)18-13(4-3-5-15(18)38)28(48)32(33,7-12(52-10)6-17(39)40)55-9-14(34-11(2)37)30(50)35-19-21(42)20(41)16(8-36)53-31(19)54-27-25(46)23(44)22(43)24(45)26(27)47/h3-5,10,12,14,16,19-27,31,36,38,41-47,51H,6-9H2,1-2H3,(H,34,37)(H,35,50)(H,39,40)/t10-,12-,14-,16+,19?,20+,21+,22?,23-,24+,25+,26+,27?,31-,32?,33?/m0/s1. The van der Waals surface area contributed by atoms with Crippen LogP contribution in [0.1, 0.15) is 47.4 Å². The molecule has 0 bridgehead atoms. The van der Waals surface area contributed by atoms with Crippen LogP contribution in [0.2, 0.25) is 0 Å². The maximum absolute atomic E-state index is 14.4. The van der Waals surface area contributed by atoms with E-state index >= 15 is 0 Å². The zero-order valence-electron chi connectivity index (χ0n) is 29.2. The van der Waals surface area contributed by atoms with Crippen LogP contribution in [0.5, 0.6) is 5.75 Å². The molecule has 2 heterocycles. The number of carboxylic acid groups (broad SMARTS) is 1. The number of aromatic hydroxyl groups is 1. The van der Waals surface area contributed by atoms with Crippen molar-refractivity contribution >= 4 is 41.1 Å². The second kappa shape index (κ2) is 16.2. The van der Waals surface area contributed by atoms with Crippen LogP contribution in [-0.4, -0.2) is 194 Å². The molecular weight excluding hydrogens is 760 g/mol. The van der Waals surface area contributed by atoms with Crippen LogP contribution in [0.25, 0.3) is 0 Å². The molecule has 5 unspecified atom stereocenters. The summed E-state index contributed by atoms with van der Waals surface area (Å²) in [5.74, 6) is -6.63. The second-order valence-corrected chi connectivity index (χ2v) is 15.3. The van der Waals surface area contributed by atoms with Crippen molar-refractivity contribution in [2.75, 3.05) is 12.4 Å². The number of phenols is 1. The smallest absolute Gasteiger partial charge is 0.305 e. The monoisotopic (exact) mass is 804 g/mol. The summed E-state index contributed by atoms with van der Waals surface area (Å²) in [6.07, 6.45) is -23.8. The number of fused-ring (bicyclic) bond motifs is 2. The fourth-order valence-corrected chi connectivity index (χ4v) is 9.29. The van der Waals surface area contributed by atoms with Crippen molar-refractivity contribution in [1.29, 1.82) is 0 Å². The zero-order chi connectivity index (χ0) is 40.9. The average molecular weight is 805 g/mol. The van der Waals surface area contributed by atoms with Gasteiger partial charge in [-0.1, -0.05) is 12.1 Å². The van der Waals surface area contributed by atoms with Gasteiger partial charge in [0, 0.05) is 18.2 Å². The van der Waals surface area contributed by atoms with E-state index in [9.17, 15) is 80.1 Å². The number of nitrogens with one attached hydrogen (secondary N) is 2. The number of aliphatic hydroxyl groups is 9. The first-order valence-electron chi connectivity index (χ1n) is 17.1. The average Bonchev–Trinajstić information content (AvgIpc) is 3.12. The highest BCUT2D eigenvalue weighted by molar-refractivity contribution is 8.01. The third-order valence-corrected chi connectivity index (χ3v) is 12.1. The molecule has 3 fully saturated rings. The molecule has 22 heteroatoms. The first-order valence-corrected chi connectivity index (χ1v) is 18.1. The van der Waals surface area contributed by atoms with Crippen molar-refractivity contribution in [1.82, 2.24) is 10.6 Å². The number of phenolic OH excluding ortho intramolecular Hbond substituents is 1. The molecule has 21 nitrogen and oxygen atoms in total. The minimum Gasteiger partial charge on any atom is -0.507 e. The van der Waals surface area contributed by atoms with E-state index in [-0.39, 0.29) is 5.56 Å². The molecule has 5 rings (SSSR count). The number of Topliss-reactive ketones (excluding diaryl/α,β-unsaturated/α-hetero) is 2. The van der Waals surface area contributed by atoms with Gasteiger partial charge < -0.3 is 81.0 Å². The molecule has 0 aromatic heterocycles. The van der Waals surface area contributed by atoms with Gasteiger partial charge in [-0.2, -0.15) is 0 Å². The molecule has 2 amide bonds. The summed E-state index contributed by atoms with van der Waals surface area (Å²) in [5, 5.41) is 120. The van der Waals surface area contributed by atoms with E-state index in [2.05, 4.69) is 10.6 Å². The number of aliphatic hydroxyl groups excluding tert-OH is 8. The van der Waals surface area contributed by atoms with Crippen molar-refractivity contribution in [3.8, 4) is 5.75 Å². The molecule has 0 radical (unpaired) electrons. The predicted molar refractivity (Wildman–Crippen MR) is 180 cm³/mol. The van der Waals surface area contributed by atoms with E-state index in [0.29, 0.717) is 11.8 Å². The van der Waals surface area contributed by atoms with Crippen molar-refractivity contribution < 1.29 is 94.4 Å². The molecule has 55 heavy (non-hydrogen) atoms. The van der Waals surface area contributed by atoms with Crippen LogP contribution in [0.3, 0.4) is 0 Å². The van der Waals surface area contributed by atoms with Gasteiger partial charge in [-0.05, 0) is 19.4 Å². The molecule has 4 aliphatic rings. The van der Waals surface area contributed by atoms with Gasteiger partial charge in [-0.25, -0.2) is 0 Å². The van der Waals surface area contributed by atoms with Gasteiger partial charge >= 0.3 is 5.97 Å². The van der Waals surface area contributed by atoms with Gasteiger partial charge in [0.2, 0.25) is 17.6 Å². The molecule has 13 N–H and O–H groups in total. The lowest BCUT2D eigenvalue weighted by Crippen LogP contribution is -2.74. The largest absolute Gasteiger partial charge is 0.507 e. The predicted octanol–water partition coefficient (Wildman–Crippen LogP) is -5.74. The van der Waals surface area contributed by atoms with Crippen LogP contribution in [0.4, 0.5) is 0 Å². The van der Waals surface area contributed by atoms with Crippen LogP contribution < -0.4 is 10.6 Å². The SMILES string of the molecule is CC(=O)N[C@@H](CSC12C[C@H](CC(=O)O)O[C@@H](C)C1(O)C(=O)c1c(O)cccc1C2=O)C(=O)NC1[C@H](OC2[C@H](O)[C@H](O)C(O)[C@H](O)[C@H]2O)O[C@H](CO)[C@@H](O)[C@@H]1O. The molecule has 1 aromatic carbocycles. The van der Waals surface area contributed by atoms with E-state index in [4.69, 9.17) is 14.2 Å². The van der Waals surface area contributed by atoms with E-state index in [1.165, 1.54) is 19.1 Å². The summed E-state index contributed by atoms with van der Waals surface area (Å²) in [5.41, 5.74) is -3.57. The van der Waals surface area contributed by atoms with E-state index < -0.39 is 162 Å². The summed E-state index contributed by atoms with van der Waals surface area (Å²) in [6.45, 7) is 1.32. The number of ether oxygens (including phenoxy) is 3. The molecule has 16 atom stereocenters. The lowest BCUT2D eigenvalue weighted by atomic mass is 9.64. The van der Waals surface area contributed by atoms with Crippen LogP contribution in [0.15, 0.2) is 18.2 Å².